The Hall–Kier alpha value is -1.97. The van der Waals surface area contributed by atoms with Crippen LogP contribution in [0, 0.1) is 10.1 Å². The van der Waals surface area contributed by atoms with Crippen molar-refractivity contribution in [3.63, 3.8) is 0 Å². The van der Waals surface area contributed by atoms with Crippen LogP contribution in [0.4, 0.5) is 17.3 Å². The second kappa shape index (κ2) is 6.27. The Bertz CT molecular complexity index is 560. The van der Waals surface area contributed by atoms with Crippen LogP contribution in [-0.4, -0.2) is 48.9 Å². The molecule has 19 heavy (non-hydrogen) atoms. The number of hydrogen-bond acceptors (Lipinski definition) is 8. The molecule has 0 radical (unpaired) electrons. The molecule has 0 unspecified atom stereocenters. The van der Waals surface area contributed by atoms with Crippen LogP contribution in [0.1, 0.15) is 6.42 Å². The first-order valence-corrected chi connectivity index (χ1v) is 7.50. The maximum absolute atomic E-state index is 10.9. The number of aromatic nitrogens is 2. The lowest BCUT2D eigenvalue weighted by Gasteiger charge is -2.07. The Morgan fingerprint density at radius 3 is 2.53 bits per heavy atom. The fourth-order valence-corrected chi connectivity index (χ4v) is 2.07. The molecule has 1 aromatic rings. The van der Waals surface area contributed by atoms with Crippen LogP contribution >= 0.6 is 0 Å². The molecule has 1 aromatic heterocycles. The summed E-state index contributed by atoms with van der Waals surface area (Å²) < 4.78 is 21.9. The summed E-state index contributed by atoms with van der Waals surface area (Å²) in [6, 6.07) is 0. The Balaban J connectivity index is 2.76. The zero-order valence-corrected chi connectivity index (χ0v) is 11.4. The Labute approximate surface area is 110 Å². The number of anilines is 2. The number of sulfone groups is 1. The third-order valence-electron chi connectivity index (χ3n) is 2.23. The van der Waals surface area contributed by atoms with Gasteiger partial charge in [0, 0.05) is 19.8 Å². The summed E-state index contributed by atoms with van der Waals surface area (Å²) in [5.74, 6) is 0.182. The van der Waals surface area contributed by atoms with Crippen molar-refractivity contribution in [1.82, 2.24) is 9.97 Å². The molecule has 1 heterocycles. The first kappa shape index (κ1) is 15.1. The third-order valence-corrected chi connectivity index (χ3v) is 3.26. The van der Waals surface area contributed by atoms with Crippen molar-refractivity contribution < 1.29 is 13.3 Å². The molecule has 9 nitrogen and oxygen atoms in total. The summed E-state index contributed by atoms with van der Waals surface area (Å²) in [7, 11) is -1.52. The molecule has 0 bridgehead atoms. The predicted octanol–water partition coefficient (Wildman–Crippen LogP) is 0.273. The van der Waals surface area contributed by atoms with E-state index in [1.54, 1.807) is 0 Å². The zero-order chi connectivity index (χ0) is 14.5. The standard InChI is InChI=1S/C9H15N5O4S/c1-10-8-7(14(15)16)9(13-6-12-8)11-4-3-5-19(2,17)18/h6H,3-5H2,1-2H3,(H2,10,11,12,13). The van der Waals surface area contributed by atoms with Gasteiger partial charge in [0.25, 0.3) is 0 Å². The van der Waals surface area contributed by atoms with Crippen molar-refractivity contribution >= 4 is 27.2 Å². The van der Waals surface area contributed by atoms with Gasteiger partial charge in [0.15, 0.2) is 0 Å². The number of nitrogens with zero attached hydrogens (tertiary/aromatic N) is 3. The topological polar surface area (TPSA) is 127 Å². The second-order valence-electron chi connectivity index (χ2n) is 3.84. The first-order valence-electron chi connectivity index (χ1n) is 5.44. The third kappa shape index (κ3) is 4.66. The summed E-state index contributed by atoms with van der Waals surface area (Å²) in [5.41, 5.74) is -0.260. The van der Waals surface area contributed by atoms with Gasteiger partial charge in [-0.3, -0.25) is 10.1 Å². The van der Waals surface area contributed by atoms with E-state index in [-0.39, 0.29) is 29.6 Å². The lowest BCUT2D eigenvalue weighted by molar-refractivity contribution is -0.383. The van der Waals surface area contributed by atoms with Gasteiger partial charge in [-0.15, -0.1) is 0 Å². The average molecular weight is 289 g/mol. The predicted molar refractivity (Wildman–Crippen MR) is 71.1 cm³/mol. The van der Waals surface area contributed by atoms with Crippen molar-refractivity contribution in [3.05, 3.63) is 16.4 Å². The van der Waals surface area contributed by atoms with E-state index in [1.165, 1.54) is 13.4 Å². The lowest BCUT2D eigenvalue weighted by Crippen LogP contribution is -2.12. The molecule has 0 amide bonds. The van der Waals surface area contributed by atoms with E-state index < -0.39 is 14.8 Å². The fraction of sp³-hybridized carbons (Fsp3) is 0.556. The van der Waals surface area contributed by atoms with Gasteiger partial charge in [-0.1, -0.05) is 0 Å². The summed E-state index contributed by atoms with van der Waals surface area (Å²) in [6.45, 7) is 0.272. The van der Waals surface area contributed by atoms with Crippen molar-refractivity contribution in [2.24, 2.45) is 0 Å². The molecular weight excluding hydrogens is 274 g/mol. The highest BCUT2D eigenvalue weighted by Gasteiger charge is 2.21. The van der Waals surface area contributed by atoms with Gasteiger partial charge in [0.2, 0.25) is 11.6 Å². The molecule has 0 aliphatic rings. The van der Waals surface area contributed by atoms with Crippen molar-refractivity contribution in [3.8, 4) is 0 Å². The molecule has 0 saturated carbocycles. The molecule has 2 N–H and O–H groups in total. The van der Waals surface area contributed by atoms with Crippen molar-refractivity contribution in [2.75, 3.05) is 36.2 Å². The molecule has 0 saturated heterocycles. The summed E-state index contributed by atoms with van der Waals surface area (Å²) in [5, 5.41) is 16.3. The summed E-state index contributed by atoms with van der Waals surface area (Å²) >= 11 is 0. The fourth-order valence-electron chi connectivity index (χ4n) is 1.41. The van der Waals surface area contributed by atoms with Gasteiger partial charge in [-0.25, -0.2) is 18.4 Å². The molecule has 10 heteroatoms. The van der Waals surface area contributed by atoms with E-state index in [1.807, 2.05) is 0 Å². The largest absolute Gasteiger partial charge is 0.367 e. The molecule has 0 aromatic carbocycles. The van der Waals surface area contributed by atoms with E-state index in [2.05, 4.69) is 20.6 Å². The minimum Gasteiger partial charge on any atom is -0.367 e. The highest BCUT2D eigenvalue weighted by atomic mass is 32.2. The van der Waals surface area contributed by atoms with Crippen molar-refractivity contribution in [1.29, 1.82) is 0 Å². The molecule has 0 aliphatic heterocycles. The Kier molecular flexibility index (Phi) is 4.98. The molecule has 0 spiro atoms. The van der Waals surface area contributed by atoms with Gasteiger partial charge < -0.3 is 10.6 Å². The van der Waals surface area contributed by atoms with E-state index in [0.29, 0.717) is 6.42 Å². The van der Waals surface area contributed by atoms with E-state index in [0.717, 1.165) is 6.26 Å². The molecular formula is C9H15N5O4S. The van der Waals surface area contributed by atoms with Crippen molar-refractivity contribution in [2.45, 2.75) is 6.42 Å². The first-order chi connectivity index (χ1) is 8.85. The highest BCUT2D eigenvalue weighted by Crippen LogP contribution is 2.28. The summed E-state index contributed by atoms with van der Waals surface area (Å²) in [4.78, 5) is 17.9. The Morgan fingerprint density at radius 1 is 1.37 bits per heavy atom. The van der Waals surface area contributed by atoms with Crippen LogP contribution in [0.2, 0.25) is 0 Å². The molecule has 0 aliphatic carbocycles. The van der Waals surface area contributed by atoms with Crippen LogP contribution < -0.4 is 10.6 Å². The quantitative estimate of drug-likeness (QED) is 0.416. The van der Waals surface area contributed by atoms with Gasteiger partial charge in [-0.05, 0) is 6.42 Å². The van der Waals surface area contributed by atoms with E-state index in [9.17, 15) is 18.5 Å². The number of rotatable bonds is 7. The van der Waals surface area contributed by atoms with Crippen LogP contribution in [-0.2, 0) is 9.84 Å². The number of nitro groups is 1. The number of hydrogen-bond donors (Lipinski definition) is 2. The summed E-state index contributed by atoms with van der Waals surface area (Å²) in [6.07, 6.45) is 2.67. The van der Waals surface area contributed by atoms with Gasteiger partial charge >= 0.3 is 5.69 Å². The molecule has 0 atom stereocenters. The second-order valence-corrected chi connectivity index (χ2v) is 6.10. The van der Waals surface area contributed by atoms with Gasteiger partial charge in [0.1, 0.15) is 16.2 Å². The minimum absolute atomic E-state index is 0.0117. The van der Waals surface area contributed by atoms with Crippen LogP contribution in [0.3, 0.4) is 0 Å². The normalized spacial score (nSPS) is 11.1. The van der Waals surface area contributed by atoms with Crippen LogP contribution in [0.15, 0.2) is 6.33 Å². The highest BCUT2D eigenvalue weighted by molar-refractivity contribution is 7.90. The van der Waals surface area contributed by atoms with Gasteiger partial charge in [0.05, 0.1) is 10.7 Å². The average Bonchev–Trinajstić information content (AvgIpc) is 2.32. The maximum Gasteiger partial charge on any atom is 0.353 e. The Morgan fingerprint density at radius 2 is 2.00 bits per heavy atom. The minimum atomic E-state index is -3.04. The monoisotopic (exact) mass is 289 g/mol. The van der Waals surface area contributed by atoms with E-state index in [4.69, 9.17) is 0 Å². The lowest BCUT2D eigenvalue weighted by atomic mass is 10.4. The van der Waals surface area contributed by atoms with E-state index >= 15 is 0 Å². The zero-order valence-electron chi connectivity index (χ0n) is 10.6. The molecule has 0 fully saturated rings. The maximum atomic E-state index is 10.9. The molecule has 1 rings (SSSR count). The van der Waals surface area contributed by atoms with Crippen LogP contribution in [0.5, 0.6) is 0 Å². The number of nitrogens with one attached hydrogen (secondary N) is 2. The van der Waals surface area contributed by atoms with Crippen LogP contribution in [0.25, 0.3) is 0 Å². The van der Waals surface area contributed by atoms with Gasteiger partial charge in [-0.2, -0.15) is 0 Å². The SMILES string of the molecule is CNc1ncnc(NCCCS(C)(=O)=O)c1[N+](=O)[O-]. The molecule has 106 valence electrons. The smallest absolute Gasteiger partial charge is 0.353 e.